The van der Waals surface area contributed by atoms with Crippen LogP contribution in [0.15, 0.2) is 42.6 Å². The van der Waals surface area contributed by atoms with Crippen molar-refractivity contribution in [1.82, 2.24) is 14.6 Å². The molecule has 0 saturated heterocycles. The molecule has 5 nitrogen and oxygen atoms in total. The Morgan fingerprint density at radius 1 is 0.950 bits per heavy atom. The lowest BCUT2D eigenvalue weighted by Gasteiger charge is -2.04. The molecular formula is C15H15N3O2. The van der Waals surface area contributed by atoms with E-state index in [1.165, 1.54) is 0 Å². The highest BCUT2D eigenvalue weighted by Crippen LogP contribution is 2.17. The Hall–Kier alpha value is -2.56. The maximum absolute atomic E-state index is 5.18. The van der Waals surface area contributed by atoms with E-state index in [1.54, 1.807) is 14.2 Å². The Morgan fingerprint density at radius 3 is 2.40 bits per heavy atom. The zero-order chi connectivity index (χ0) is 13.9. The average molecular weight is 269 g/mol. The van der Waals surface area contributed by atoms with Gasteiger partial charge in [0.15, 0.2) is 5.65 Å². The first-order chi connectivity index (χ1) is 9.80. The van der Waals surface area contributed by atoms with Gasteiger partial charge >= 0.3 is 0 Å². The van der Waals surface area contributed by atoms with Crippen LogP contribution in [0.5, 0.6) is 11.5 Å². The first kappa shape index (κ1) is 12.5. The van der Waals surface area contributed by atoms with Crippen molar-refractivity contribution in [3.8, 4) is 11.5 Å². The van der Waals surface area contributed by atoms with Gasteiger partial charge < -0.3 is 9.47 Å². The van der Waals surface area contributed by atoms with Crippen molar-refractivity contribution in [2.45, 2.75) is 6.42 Å². The molecule has 2 aromatic heterocycles. The summed E-state index contributed by atoms with van der Waals surface area (Å²) in [5.74, 6) is 2.53. The van der Waals surface area contributed by atoms with Gasteiger partial charge in [0.1, 0.15) is 17.3 Å². The van der Waals surface area contributed by atoms with Gasteiger partial charge in [-0.2, -0.15) is 0 Å². The van der Waals surface area contributed by atoms with Crippen LogP contribution in [0.2, 0.25) is 0 Å². The second-order valence-corrected chi connectivity index (χ2v) is 4.44. The van der Waals surface area contributed by atoms with E-state index in [2.05, 4.69) is 10.2 Å². The predicted molar refractivity (Wildman–Crippen MR) is 75.3 cm³/mol. The van der Waals surface area contributed by atoms with E-state index in [-0.39, 0.29) is 0 Å². The van der Waals surface area contributed by atoms with E-state index in [0.29, 0.717) is 0 Å². The van der Waals surface area contributed by atoms with E-state index < -0.39 is 0 Å². The molecule has 0 aliphatic carbocycles. The second-order valence-electron chi connectivity index (χ2n) is 4.44. The van der Waals surface area contributed by atoms with Crippen LogP contribution in [0.4, 0.5) is 0 Å². The maximum Gasteiger partial charge on any atom is 0.164 e. The lowest BCUT2D eigenvalue weighted by molar-refractivity contribution is 0.414. The first-order valence-electron chi connectivity index (χ1n) is 6.31. The number of hydrogen-bond acceptors (Lipinski definition) is 4. The average Bonchev–Trinajstić information content (AvgIpc) is 2.90. The van der Waals surface area contributed by atoms with Gasteiger partial charge in [-0.15, -0.1) is 10.2 Å². The SMILES string of the molecule is COc1ccc(Cc2nnc3cc(OC)ccn23)cc1. The molecule has 0 amide bonds. The lowest BCUT2D eigenvalue weighted by Crippen LogP contribution is -1.96. The molecule has 0 fully saturated rings. The van der Waals surface area contributed by atoms with Gasteiger partial charge in [-0.25, -0.2) is 0 Å². The summed E-state index contributed by atoms with van der Waals surface area (Å²) in [4.78, 5) is 0. The molecule has 102 valence electrons. The molecule has 0 spiro atoms. The fraction of sp³-hybridized carbons (Fsp3) is 0.200. The van der Waals surface area contributed by atoms with Crippen LogP contribution in [-0.4, -0.2) is 28.8 Å². The topological polar surface area (TPSA) is 48.7 Å². The molecule has 2 heterocycles. The van der Waals surface area contributed by atoms with Crippen LogP contribution in [0.25, 0.3) is 5.65 Å². The van der Waals surface area contributed by atoms with E-state index in [0.717, 1.165) is 35.0 Å². The van der Waals surface area contributed by atoms with Crippen molar-refractivity contribution >= 4 is 5.65 Å². The normalized spacial score (nSPS) is 10.7. The minimum absolute atomic E-state index is 0.720. The highest BCUT2D eigenvalue weighted by Gasteiger charge is 2.07. The van der Waals surface area contributed by atoms with Crippen molar-refractivity contribution in [1.29, 1.82) is 0 Å². The molecule has 3 aromatic rings. The Balaban J connectivity index is 1.90. The molecule has 0 aliphatic heterocycles. The summed E-state index contributed by atoms with van der Waals surface area (Å²) in [6.45, 7) is 0. The van der Waals surface area contributed by atoms with E-state index in [4.69, 9.17) is 9.47 Å². The quantitative estimate of drug-likeness (QED) is 0.729. The van der Waals surface area contributed by atoms with Gasteiger partial charge in [-0.05, 0) is 23.8 Å². The molecule has 0 saturated carbocycles. The van der Waals surface area contributed by atoms with Crippen molar-refractivity contribution < 1.29 is 9.47 Å². The van der Waals surface area contributed by atoms with Crippen molar-refractivity contribution in [3.05, 3.63) is 54.0 Å². The highest BCUT2D eigenvalue weighted by molar-refractivity contribution is 5.44. The molecule has 0 atom stereocenters. The van der Waals surface area contributed by atoms with Crippen molar-refractivity contribution in [2.75, 3.05) is 14.2 Å². The van der Waals surface area contributed by atoms with Crippen LogP contribution < -0.4 is 9.47 Å². The third kappa shape index (κ3) is 2.30. The monoisotopic (exact) mass is 269 g/mol. The number of fused-ring (bicyclic) bond motifs is 1. The summed E-state index contributed by atoms with van der Waals surface area (Å²) in [6, 6.07) is 11.7. The summed E-state index contributed by atoms with van der Waals surface area (Å²) in [5, 5.41) is 8.40. The number of methoxy groups -OCH3 is 2. The Morgan fingerprint density at radius 2 is 1.70 bits per heavy atom. The van der Waals surface area contributed by atoms with Gasteiger partial charge in [0, 0.05) is 18.7 Å². The zero-order valence-corrected chi connectivity index (χ0v) is 11.4. The van der Waals surface area contributed by atoms with E-state index in [9.17, 15) is 0 Å². The van der Waals surface area contributed by atoms with E-state index >= 15 is 0 Å². The van der Waals surface area contributed by atoms with Crippen LogP contribution in [-0.2, 0) is 6.42 Å². The van der Waals surface area contributed by atoms with Crippen LogP contribution >= 0.6 is 0 Å². The van der Waals surface area contributed by atoms with Gasteiger partial charge in [-0.3, -0.25) is 4.40 Å². The minimum Gasteiger partial charge on any atom is -0.497 e. The molecule has 0 aliphatic rings. The van der Waals surface area contributed by atoms with Crippen molar-refractivity contribution in [3.63, 3.8) is 0 Å². The number of rotatable bonds is 4. The first-order valence-corrected chi connectivity index (χ1v) is 6.31. The van der Waals surface area contributed by atoms with Crippen LogP contribution in [0.3, 0.4) is 0 Å². The second kappa shape index (κ2) is 5.21. The summed E-state index contributed by atoms with van der Waals surface area (Å²) in [6.07, 6.45) is 2.64. The highest BCUT2D eigenvalue weighted by atomic mass is 16.5. The van der Waals surface area contributed by atoms with Gasteiger partial charge in [0.25, 0.3) is 0 Å². The molecule has 0 bridgehead atoms. The summed E-state index contributed by atoms with van der Waals surface area (Å²) >= 11 is 0. The minimum atomic E-state index is 0.720. The zero-order valence-electron chi connectivity index (χ0n) is 11.4. The molecule has 0 N–H and O–H groups in total. The fourth-order valence-electron chi connectivity index (χ4n) is 2.10. The molecule has 20 heavy (non-hydrogen) atoms. The molecule has 5 heteroatoms. The van der Waals surface area contributed by atoms with Gasteiger partial charge in [-0.1, -0.05) is 12.1 Å². The molecular weight excluding hydrogens is 254 g/mol. The smallest absolute Gasteiger partial charge is 0.164 e. The number of aromatic nitrogens is 3. The predicted octanol–water partition coefficient (Wildman–Crippen LogP) is 2.34. The fourth-order valence-corrected chi connectivity index (χ4v) is 2.10. The maximum atomic E-state index is 5.18. The lowest BCUT2D eigenvalue weighted by atomic mass is 10.1. The Labute approximate surface area is 116 Å². The molecule has 1 aromatic carbocycles. The Kier molecular flexibility index (Phi) is 3.25. The molecule has 0 radical (unpaired) electrons. The summed E-state index contributed by atoms with van der Waals surface area (Å²) in [7, 11) is 3.30. The number of nitrogens with zero attached hydrogens (tertiary/aromatic N) is 3. The van der Waals surface area contributed by atoms with Crippen LogP contribution in [0, 0.1) is 0 Å². The van der Waals surface area contributed by atoms with E-state index in [1.807, 2.05) is 47.0 Å². The standard InChI is InChI=1S/C15H15N3O2/c1-19-12-5-3-11(4-6-12)9-14-16-17-15-10-13(20-2)7-8-18(14)15/h3-8,10H,9H2,1-2H3. The number of hydrogen-bond donors (Lipinski definition) is 0. The van der Waals surface area contributed by atoms with Crippen LogP contribution in [0.1, 0.15) is 11.4 Å². The van der Waals surface area contributed by atoms with Gasteiger partial charge in [0.2, 0.25) is 0 Å². The molecule has 0 unspecified atom stereocenters. The number of benzene rings is 1. The molecule has 3 rings (SSSR count). The summed E-state index contributed by atoms with van der Waals surface area (Å²) < 4.78 is 12.3. The third-order valence-corrected chi connectivity index (χ3v) is 3.21. The Bertz CT molecular complexity index is 720. The van der Waals surface area contributed by atoms with Crippen molar-refractivity contribution in [2.24, 2.45) is 0 Å². The third-order valence-electron chi connectivity index (χ3n) is 3.21. The largest absolute Gasteiger partial charge is 0.497 e. The van der Waals surface area contributed by atoms with Gasteiger partial charge in [0.05, 0.1) is 14.2 Å². The number of ether oxygens (including phenoxy) is 2. The summed E-state index contributed by atoms with van der Waals surface area (Å²) in [5.41, 5.74) is 1.95. The number of pyridine rings is 1.